The van der Waals surface area contributed by atoms with Crippen molar-refractivity contribution >= 4 is 17.2 Å². The van der Waals surface area contributed by atoms with Crippen LogP contribution in [0.4, 0.5) is 0 Å². The predicted octanol–water partition coefficient (Wildman–Crippen LogP) is 1.24. The van der Waals surface area contributed by atoms with Gasteiger partial charge in [-0.3, -0.25) is 4.79 Å². The van der Waals surface area contributed by atoms with Crippen LogP contribution < -0.4 is 5.32 Å². The van der Waals surface area contributed by atoms with Crippen molar-refractivity contribution < 1.29 is 4.79 Å². The van der Waals surface area contributed by atoms with Crippen LogP contribution in [0.25, 0.3) is 0 Å². The van der Waals surface area contributed by atoms with Crippen LogP contribution in [0.15, 0.2) is 10.9 Å². The molecule has 0 radical (unpaired) electrons. The third-order valence-corrected chi connectivity index (χ3v) is 3.51. The standard InChI is InChI=1S/C11H17N3OS/c1-8(2)14-4-3-10(11(14)15)12-5-9-6-16-7-13-9/h6-8,10,12H,3-5H2,1-2H3. The highest BCUT2D eigenvalue weighted by Gasteiger charge is 2.32. The van der Waals surface area contributed by atoms with Gasteiger partial charge < -0.3 is 10.2 Å². The molecule has 1 aromatic rings. The zero-order chi connectivity index (χ0) is 11.5. The van der Waals surface area contributed by atoms with E-state index in [1.165, 1.54) is 0 Å². The van der Waals surface area contributed by atoms with Crippen LogP contribution in [-0.4, -0.2) is 34.4 Å². The minimum atomic E-state index is -0.0240. The fraction of sp³-hybridized carbons (Fsp3) is 0.636. The fourth-order valence-corrected chi connectivity index (χ4v) is 2.52. The Kier molecular flexibility index (Phi) is 3.56. The predicted molar refractivity (Wildman–Crippen MR) is 64.2 cm³/mol. The van der Waals surface area contributed by atoms with Gasteiger partial charge in [-0.25, -0.2) is 4.98 Å². The lowest BCUT2D eigenvalue weighted by Crippen LogP contribution is -2.40. The Bertz CT molecular complexity index is 350. The molecule has 16 heavy (non-hydrogen) atoms. The van der Waals surface area contributed by atoms with E-state index >= 15 is 0 Å². The molecule has 4 nitrogen and oxygen atoms in total. The highest BCUT2D eigenvalue weighted by atomic mass is 32.1. The van der Waals surface area contributed by atoms with E-state index in [0.29, 0.717) is 12.6 Å². The first-order valence-electron chi connectivity index (χ1n) is 5.59. The second-order valence-electron chi connectivity index (χ2n) is 4.33. The van der Waals surface area contributed by atoms with E-state index < -0.39 is 0 Å². The molecule has 88 valence electrons. The summed E-state index contributed by atoms with van der Waals surface area (Å²) >= 11 is 1.58. The molecule has 0 aromatic carbocycles. The van der Waals surface area contributed by atoms with E-state index in [1.54, 1.807) is 11.3 Å². The zero-order valence-corrected chi connectivity index (χ0v) is 10.5. The maximum absolute atomic E-state index is 12.0. The number of likely N-dealkylation sites (tertiary alicyclic amines) is 1. The molecule has 1 aliphatic heterocycles. The molecule has 1 atom stereocenters. The van der Waals surface area contributed by atoms with Crippen LogP contribution in [0.5, 0.6) is 0 Å². The van der Waals surface area contributed by atoms with Crippen molar-refractivity contribution in [3.05, 3.63) is 16.6 Å². The van der Waals surface area contributed by atoms with Crippen molar-refractivity contribution in [3.63, 3.8) is 0 Å². The normalized spacial score (nSPS) is 21.1. The largest absolute Gasteiger partial charge is 0.339 e. The lowest BCUT2D eigenvalue weighted by Gasteiger charge is -2.21. The minimum Gasteiger partial charge on any atom is -0.339 e. The SMILES string of the molecule is CC(C)N1CCC(NCc2cscn2)C1=O. The monoisotopic (exact) mass is 239 g/mol. The topological polar surface area (TPSA) is 45.2 Å². The Morgan fingerprint density at radius 3 is 3.06 bits per heavy atom. The van der Waals surface area contributed by atoms with Gasteiger partial charge in [-0.05, 0) is 20.3 Å². The van der Waals surface area contributed by atoms with Gasteiger partial charge in [0.2, 0.25) is 5.91 Å². The van der Waals surface area contributed by atoms with Gasteiger partial charge in [0, 0.05) is 24.5 Å². The molecule has 1 aliphatic rings. The number of nitrogens with zero attached hydrogens (tertiary/aromatic N) is 2. The molecule has 0 bridgehead atoms. The molecule has 2 heterocycles. The maximum atomic E-state index is 12.0. The smallest absolute Gasteiger partial charge is 0.240 e. The van der Waals surface area contributed by atoms with Gasteiger partial charge in [0.25, 0.3) is 0 Å². The van der Waals surface area contributed by atoms with Crippen LogP contribution >= 0.6 is 11.3 Å². The average molecular weight is 239 g/mol. The van der Waals surface area contributed by atoms with Crippen molar-refractivity contribution in [2.45, 2.75) is 38.9 Å². The summed E-state index contributed by atoms with van der Waals surface area (Å²) in [7, 11) is 0. The molecule has 1 N–H and O–H groups in total. The Labute approximate surface area is 99.7 Å². The molecule has 1 fully saturated rings. The quantitative estimate of drug-likeness (QED) is 0.860. The van der Waals surface area contributed by atoms with Crippen LogP contribution in [0.2, 0.25) is 0 Å². The number of thiazole rings is 1. The number of aromatic nitrogens is 1. The molecule has 2 rings (SSSR count). The molecule has 0 saturated carbocycles. The molecule has 1 aromatic heterocycles. The van der Waals surface area contributed by atoms with Gasteiger partial charge in [-0.2, -0.15) is 0 Å². The van der Waals surface area contributed by atoms with Gasteiger partial charge in [0.15, 0.2) is 0 Å². The molecule has 5 heteroatoms. The van der Waals surface area contributed by atoms with E-state index in [-0.39, 0.29) is 11.9 Å². The first-order chi connectivity index (χ1) is 7.68. The van der Waals surface area contributed by atoms with E-state index in [4.69, 9.17) is 0 Å². The van der Waals surface area contributed by atoms with Gasteiger partial charge in [-0.1, -0.05) is 0 Å². The van der Waals surface area contributed by atoms with Crippen molar-refractivity contribution in [3.8, 4) is 0 Å². The Hall–Kier alpha value is -0.940. The third-order valence-electron chi connectivity index (χ3n) is 2.88. The Morgan fingerprint density at radius 1 is 1.69 bits per heavy atom. The van der Waals surface area contributed by atoms with Crippen molar-refractivity contribution in [2.75, 3.05) is 6.54 Å². The summed E-state index contributed by atoms with van der Waals surface area (Å²) in [6, 6.07) is 0.280. The number of hydrogen-bond acceptors (Lipinski definition) is 4. The van der Waals surface area contributed by atoms with Crippen LogP contribution in [0, 0.1) is 0 Å². The summed E-state index contributed by atoms with van der Waals surface area (Å²) in [4.78, 5) is 18.1. The minimum absolute atomic E-state index is 0.0240. The van der Waals surface area contributed by atoms with Crippen molar-refractivity contribution in [1.29, 1.82) is 0 Å². The van der Waals surface area contributed by atoms with Crippen LogP contribution in [-0.2, 0) is 11.3 Å². The summed E-state index contributed by atoms with van der Waals surface area (Å²) in [5.41, 5.74) is 2.83. The first kappa shape index (κ1) is 11.5. The number of rotatable bonds is 4. The number of nitrogens with one attached hydrogen (secondary N) is 1. The fourth-order valence-electron chi connectivity index (χ4n) is 1.96. The number of amides is 1. The first-order valence-corrected chi connectivity index (χ1v) is 6.53. The summed E-state index contributed by atoms with van der Waals surface area (Å²) in [5, 5.41) is 5.28. The lowest BCUT2D eigenvalue weighted by molar-refractivity contribution is -0.130. The number of hydrogen-bond donors (Lipinski definition) is 1. The summed E-state index contributed by atoms with van der Waals surface area (Å²) in [5.74, 6) is 0.227. The average Bonchev–Trinajstić information content (AvgIpc) is 2.84. The number of carbonyl (C=O) groups is 1. The van der Waals surface area contributed by atoms with Crippen LogP contribution in [0.1, 0.15) is 26.0 Å². The van der Waals surface area contributed by atoms with E-state index in [1.807, 2.05) is 15.8 Å². The summed E-state index contributed by atoms with van der Waals surface area (Å²) < 4.78 is 0. The molecule has 1 amide bonds. The summed E-state index contributed by atoms with van der Waals surface area (Å²) in [6.45, 7) is 5.67. The Morgan fingerprint density at radius 2 is 2.50 bits per heavy atom. The second-order valence-corrected chi connectivity index (χ2v) is 5.05. The molecule has 0 spiro atoms. The van der Waals surface area contributed by atoms with Gasteiger partial charge in [-0.15, -0.1) is 11.3 Å². The van der Waals surface area contributed by atoms with Crippen molar-refractivity contribution in [2.24, 2.45) is 0 Å². The maximum Gasteiger partial charge on any atom is 0.240 e. The molecular weight excluding hydrogens is 222 g/mol. The van der Waals surface area contributed by atoms with Crippen molar-refractivity contribution in [1.82, 2.24) is 15.2 Å². The Balaban J connectivity index is 1.86. The van der Waals surface area contributed by atoms with E-state index in [2.05, 4.69) is 24.1 Å². The highest BCUT2D eigenvalue weighted by molar-refractivity contribution is 7.07. The molecule has 1 unspecified atom stereocenters. The lowest BCUT2D eigenvalue weighted by atomic mass is 10.2. The third kappa shape index (κ3) is 2.41. The van der Waals surface area contributed by atoms with Gasteiger partial charge >= 0.3 is 0 Å². The van der Waals surface area contributed by atoms with E-state index in [0.717, 1.165) is 18.7 Å². The number of carbonyl (C=O) groups excluding carboxylic acids is 1. The highest BCUT2D eigenvalue weighted by Crippen LogP contribution is 2.14. The van der Waals surface area contributed by atoms with Crippen LogP contribution in [0.3, 0.4) is 0 Å². The molecule has 1 saturated heterocycles. The summed E-state index contributed by atoms with van der Waals surface area (Å²) in [6.07, 6.45) is 0.904. The molecule has 0 aliphatic carbocycles. The zero-order valence-electron chi connectivity index (χ0n) is 9.64. The molecular formula is C11H17N3OS. The van der Waals surface area contributed by atoms with Gasteiger partial charge in [0.05, 0.1) is 17.2 Å². The van der Waals surface area contributed by atoms with E-state index in [9.17, 15) is 4.79 Å². The second kappa shape index (κ2) is 4.93. The van der Waals surface area contributed by atoms with Gasteiger partial charge in [0.1, 0.15) is 0 Å².